The summed E-state index contributed by atoms with van der Waals surface area (Å²) in [5.41, 5.74) is 11.1. The van der Waals surface area contributed by atoms with E-state index < -0.39 is 0 Å². The van der Waals surface area contributed by atoms with E-state index in [9.17, 15) is 4.79 Å². The molecule has 0 aliphatic carbocycles. The number of aromatic nitrogens is 1. The van der Waals surface area contributed by atoms with Crippen molar-refractivity contribution in [2.45, 2.75) is 40.0 Å². The first-order valence-electron chi connectivity index (χ1n) is 9.40. The van der Waals surface area contributed by atoms with Crippen molar-refractivity contribution >= 4 is 36.3 Å². The zero-order chi connectivity index (χ0) is 19.4. The lowest BCUT2D eigenvalue weighted by Gasteiger charge is -2.11. The van der Waals surface area contributed by atoms with Crippen LogP contribution in [-0.2, 0) is 11.2 Å². The van der Waals surface area contributed by atoms with Crippen LogP contribution in [-0.4, -0.2) is 25.0 Å². The maximum absolute atomic E-state index is 12.0. The molecule has 0 unspecified atom stereocenters. The average Bonchev–Trinajstić information content (AvgIpc) is 2.98. The third-order valence-electron chi connectivity index (χ3n) is 4.99. The number of hydrogen-bond donors (Lipinski definition) is 2. The largest absolute Gasteiger partial charge is 0.362 e. The van der Waals surface area contributed by atoms with E-state index in [-0.39, 0.29) is 5.91 Å². The summed E-state index contributed by atoms with van der Waals surface area (Å²) in [5, 5.41) is 5.30. The van der Waals surface area contributed by atoms with Gasteiger partial charge in [-0.25, -0.2) is 5.43 Å². The first-order valence-corrected chi connectivity index (χ1v) is 9.40. The third kappa shape index (κ3) is 4.67. The van der Waals surface area contributed by atoms with Crippen molar-refractivity contribution in [1.82, 2.24) is 10.4 Å². The number of aromatic amines is 1. The van der Waals surface area contributed by atoms with Crippen molar-refractivity contribution < 1.29 is 4.79 Å². The van der Waals surface area contributed by atoms with E-state index >= 15 is 0 Å². The number of carbonyl (C=O) groups is 1. The fourth-order valence-corrected chi connectivity index (χ4v) is 3.63. The van der Waals surface area contributed by atoms with Crippen LogP contribution in [0, 0.1) is 20.8 Å². The molecule has 0 fully saturated rings. The molecule has 5 heteroatoms. The second-order valence-corrected chi connectivity index (χ2v) is 7.30. The lowest BCUT2D eigenvalue weighted by Crippen LogP contribution is -2.17. The van der Waals surface area contributed by atoms with E-state index in [1.54, 1.807) is 6.21 Å². The molecule has 2 aromatic carbocycles. The molecule has 1 heterocycles. The van der Waals surface area contributed by atoms with Gasteiger partial charge in [0.05, 0.1) is 6.21 Å². The molecule has 0 saturated carbocycles. The highest BCUT2D eigenvalue weighted by Gasteiger charge is 2.06. The summed E-state index contributed by atoms with van der Waals surface area (Å²) < 4.78 is 0. The van der Waals surface area contributed by atoms with E-state index in [0.717, 1.165) is 23.9 Å². The van der Waals surface area contributed by atoms with Crippen LogP contribution in [0.15, 0.2) is 41.6 Å². The van der Waals surface area contributed by atoms with Gasteiger partial charge in [-0.05, 0) is 73.5 Å². The molecule has 0 spiro atoms. The molecule has 0 bridgehead atoms. The summed E-state index contributed by atoms with van der Waals surface area (Å²) in [6.07, 6.45) is 5.88. The number of amides is 1. The standard InChI is InChI=1S/C22H26BN3O/c1-14-9-15(2)18(16(3)10-14)5-4-6-22(27)26-25-12-17-7-8-19-20(23)13-24-21(19)11-17/h7-13,24H,4-6,23H2,1-3H3,(H,26,27)/b25-12+. The number of fused-ring (bicyclic) bond motifs is 1. The van der Waals surface area contributed by atoms with Gasteiger partial charge in [-0.3, -0.25) is 4.79 Å². The molecule has 2 N–H and O–H groups in total. The summed E-state index contributed by atoms with van der Waals surface area (Å²) in [4.78, 5) is 15.3. The molecule has 0 saturated heterocycles. The number of rotatable bonds is 6. The fraction of sp³-hybridized carbons (Fsp3) is 0.273. The van der Waals surface area contributed by atoms with E-state index in [0.29, 0.717) is 6.42 Å². The molecule has 138 valence electrons. The molecule has 1 amide bonds. The molecule has 0 radical (unpaired) electrons. The second kappa shape index (κ2) is 8.25. The first kappa shape index (κ1) is 19.0. The minimum absolute atomic E-state index is 0.0505. The Morgan fingerprint density at radius 3 is 2.67 bits per heavy atom. The molecule has 3 aromatic rings. The van der Waals surface area contributed by atoms with Crippen molar-refractivity contribution in [2.75, 3.05) is 0 Å². The molecule has 0 aliphatic heterocycles. The molecule has 4 nitrogen and oxygen atoms in total. The normalized spacial score (nSPS) is 11.4. The van der Waals surface area contributed by atoms with Gasteiger partial charge >= 0.3 is 0 Å². The SMILES string of the molecule is Bc1c[nH]c2cc(/C=N/NC(=O)CCCc3c(C)cc(C)cc3C)ccc12. The van der Waals surface area contributed by atoms with Gasteiger partial charge in [-0.1, -0.05) is 35.3 Å². The zero-order valence-electron chi connectivity index (χ0n) is 16.5. The highest BCUT2D eigenvalue weighted by atomic mass is 16.2. The van der Waals surface area contributed by atoms with Crippen molar-refractivity contribution in [1.29, 1.82) is 0 Å². The number of hydrogen-bond acceptors (Lipinski definition) is 2. The van der Waals surface area contributed by atoms with Crippen LogP contribution >= 0.6 is 0 Å². The van der Waals surface area contributed by atoms with Gasteiger partial charge in [0.15, 0.2) is 0 Å². The van der Waals surface area contributed by atoms with Crippen LogP contribution in [0.1, 0.15) is 40.7 Å². The Labute approximate surface area is 161 Å². The highest BCUT2D eigenvalue weighted by Crippen LogP contribution is 2.18. The fourth-order valence-electron chi connectivity index (χ4n) is 3.63. The number of aryl methyl sites for hydroxylation is 3. The van der Waals surface area contributed by atoms with Gasteiger partial charge in [0, 0.05) is 11.9 Å². The molecule has 3 rings (SSSR count). The smallest absolute Gasteiger partial charge is 0.240 e. The van der Waals surface area contributed by atoms with Crippen LogP contribution in [0.5, 0.6) is 0 Å². The molecular formula is C22H26BN3O. The number of nitrogens with zero attached hydrogens (tertiary/aromatic N) is 1. The van der Waals surface area contributed by atoms with E-state index in [2.05, 4.69) is 62.3 Å². The second-order valence-electron chi connectivity index (χ2n) is 7.30. The molecule has 27 heavy (non-hydrogen) atoms. The Kier molecular flexibility index (Phi) is 5.80. The van der Waals surface area contributed by atoms with Gasteiger partial charge < -0.3 is 4.98 Å². The molecule has 1 aromatic heterocycles. The summed E-state index contributed by atoms with van der Waals surface area (Å²) in [6.45, 7) is 6.40. The van der Waals surface area contributed by atoms with Crippen LogP contribution < -0.4 is 10.9 Å². The quantitative estimate of drug-likeness (QED) is 0.397. The van der Waals surface area contributed by atoms with Crippen LogP contribution in [0.4, 0.5) is 0 Å². The number of H-pyrrole nitrogens is 1. The Hall–Kier alpha value is -2.82. The lowest BCUT2D eigenvalue weighted by molar-refractivity contribution is -0.121. The Morgan fingerprint density at radius 1 is 1.19 bits per heavy atom. The number of hydrazone groups is 1. The van der Waals surface area contributed by atoms with Gasteiger partial charge in [0.1, 0.15) is 7.85 Å². The van der Waals surface area contributed by atoms with Crippen molar-refractivity contribution in [3.63, 3.8) is 0 Å². The summed E-state index contributed by atoms with van der Waals surface area (Å²) in [6, 6.07) is 10.5. The number of carbonyl (C=O) groups excluding carboxylic acids is 1. The first-order chi connectivity index (χ1) is 12.9. The van der Waals surface area contributed by atoms with Crippen LogP contribution in [0.2, 0.25) is 0 Å². The van der Waals surface area contributed by atoms with Crippen molar-refractivity contribution in [3.8, 4) is 0 Å². The van der Waals surface area contributed by atoms with Gasteiger partial charge in [-0.2, -0.15) is 5.10 Å². The van der Waals surface area contributed by atoms with Gasteiger partial charge in [0.25, 0.3) is 0 Å². The molecule has 0 atom stereocenters. The van der Waals surface area contributed by atoms with E-state index in [4.69, 9.17) is 0 Å². The predicted molar refractivity (Wildman–Crippen MR) is 116 cm³/mol. The lowest BCUT2D eigenvalue weighted by atomic mass is 9.95. The summed E-state index contributed by atoms with van der Waals surface area (Å²) in [5.74, 6) is -0.0505. The number of benzene rings is 2. The summed E-state index contributed by atoms with van der Waals surface area (Å²) >= 11 is 0. The number of nitrogens with one attached hydrogen (secondary N) is 2. The molecule has 0 aliphatic rings. The Morgan fingerprint density at radius 2 is 1.93 bits per heavy atom. The predicted octanol–water partition coefficient (Wildman–Crippen LogP) is 2.82. The van der Waals surface area contributed by atoms with Crippen molar-refractivity contribution in [3.05, 3.63) is 64.3 Å². The van der Waals surface area contributed by atoms with Crippen molar-refractivity contribution in [2.24, 2.45) is 5.10 Å². The topological polar surface area (TPSA) is 57.2 Å². The van der Waals surface area contributed by atoms with Gasteiger partial charge in [-0.15, -0.1) is 0 Å². The molecular weight excluding hydrogens is 333 g/mol. The minimum Gasteiger partial charge on any atom is -0.362 e. The summed E-state index contributed by atoms with van der Waals surface area (Å²) in [7, 11) is 2.08. The monoisotopic (exact) mass is 359 g/mol. The van der Waals surface area contributed by atoms with Crippen LogP contribution in [0.3, 0.4) is 0 Å². The Bertz CT molecular complexity index is 981. The van der Waals surface area contributed by atoms with Gasteiger partial charge in [0.2, 0.25) is 5.91 Å². The third-order valence-corrected chi connectivity index (χ3v) is 4.99. The van der Waals surface area contributed by atoms with Crippen LogP contribution in [0.25, 0.3) is 10.9 Å². The average molecular weight is 359 g/mol. The maximum Gasteiger partial charge on any atom is 0.240 e. The Balaban J connectivity index is 1.50. The van der Waals surface area contributed by atoms with E-state index in [1.165, 1.54) is 33.1 Å². The van der Waals surface area contributed by atoms with E-state index in [1.807, 2.05) is 18.3 Å². The minimum atomic E-state index is -0.0505. The highest BCUT2D eigenvalue weighted by molar-refractivity contribution is 6.38. The zero-order valence-corrected chi connectivity index (χ0v) is 16.5. The maximum atomic E-state index is 12.0.